The monoisotopic (exact) mass is 275 g/mol. The molecule has 0 amide bonds. The van der Waals surface area contributed by atoms with Crippen molar-refractivity contribution in [3.63, 3.8) is 0 Å². The first-order valence-electron chi connectivity index (χ1n) is 5.93. The zero-order valence-electron chi connectivity index (χ0n) is 10.3. The summed E-state index contributed by atoms with van der Waals surface area (Å²) in [5, 5.41) is 4.23. The van der Waals surface area contributed by atoms with Crippen LogP contribution in [0.25, 0.3) is 0 Å². The van der Waals surface area contributed by atoms with Crippen LogP contribution in [-0.2, 0) is 0 Å². The molecular formula is C13H19Cl2NO. The molecule has 0 saturated carbocycles. The van der Waals surface area contributed by atoms with Gasteiger partial charge >= 0.3 is 0 Å². The second-order valence-corrected chi connectivity index (χ2v) is 4.81. The van der Waals surface area contributed by atoms with Crippen LogP contribution in [0.5, 0.6) is 5.75 Å². The summed E-state index contributed by atoms with van der Waals surface area (Å²) in [5.41, 5.74) is 0. The quantitative estimate of drug-likeness (QED) is 0.807. The molecule has 0 saturated heterocycles. The van der Waals surface area contributed by atoms with Gasteiger partial charge < -0.3 is 10.1 Å². The van der Waals surface area contributed by atoms with Crippen molar-refractivity contribution in [3.05, 3.63) is 28.2 Å². The van der Waals surface area contributed by atoms with Crippen LogP contribution in [-0.4, -0.2) is 19.7 Å². The Morgan fingerprint density at radius 1 is 1.24 bits per heavy atom. The molecule has 0 unspecified atom stereocenters. The Hall–Kier alpha value is -0.440. The van der Waals surface area contributed by atoms with Gasteiger partial charge in [-0.25, -0.2) is 0 Å². The van der Waals surface area contributed by atoms with Crippen LogP contribution >= 0.6 is 23.2 Å². The van der Waals surface area contributed by atoms with E-state index in [0.29, 0.717) is 10.0 Å². The van der Waals surface area contributed by atoms with Crippen LogP contribution in [0.2, 0.25) is 10.0 Å². The molecule has 0 aliphatic carbocycles. The molecule has 96 valence electrons. The molecule has 1 N–H and O–H groups in total. The van der Waals surface area contributed by atoms with Crippen LogP contribution in [0.15, 0.2) is 18.2 Å². The van der Waals surface area contributed by atoms with Gasteiger partial charge in [0.05, 0.1) is 16.1 Å². The fourth-order valence-corrected chi connectivity index (χ4v) is 1.92. The van der Waals surface area contributed by atoms with Crippen LogP contribution in [0.4, 0.5) is 0 Å². The Bertz CT molecular complexity index is 344. The highest BCUT2D eigenvalue weighted by Gasteiger charge is 2.10. The maximum Gasteiger partial charge on any atom is 0.121 e. The molecule has 0 fully saturated rings. The Balaban J connectivity index is 2.61. The minimum absolute atomic E-state index is 0.227. The van der Waals surface area contributed by atoms with Gasteiger partial charge in [-0.05, 0) is 38.6 Å². The predicted molar refractivity (Wildman–Crippen MR) is 74.3 cm³/mol. The minimum atomic E-state index is 0.227. The summed E-state index contributed by atoms with van der Waals surface area (Å²) in [7, 11) is 1.95. The average molecular weight is 276 g/mol. The van der Waals surface area contributed by atoms with Crippen molar-refractivity contribution < 1.29 is 4.74 Å². The number of halogens is 2. The van der Waals surface area contributed by atoms with Gasteiger partial charge in [-0.15, -0.1) is 0 Å². The topological polar surface area (TPSA) is 21.3 Å². The summed E-state index contributed by atoms with van der Waals surface area (Å²) in [6.07, 6.45) is 3.37. The standard InChI is InChI=1S/C13H19Cl2NO/c1-3-4-10(7-8-16-2)17-11-5-6-12(14)13(15)9-11/h5-6,9-10,16H,3-4,7-8H2,1-2H3/t10-/m0/s1. The van der Waals surface area contributed by atoms with E-state index >= 15 is 0 Å². The third-order valence-electron chi connectivity index (χ3n) is 2.52. The molecule has 0 heterocycles. The van der Waals surface area contributed by atoms with Gasteiger partial charge in [0.2, 0.25) is 0 Å². The van der Waals surface area contributed by atoms with Crippen molar-refractivity contribution in [1.82, 2.24) is 5.32 Å². The molecule has 1 aromatic carbocycles. The molecule has 0 bridgehead atoms. The van der Waals surface area contributed by atoms with Crippen molar-refractivity contribution in [2.45, 2.75) is 32.3 Å². The van der Waals surface area contributed by atoms with Gasteiger partial charge in [0, 0.05) is 6.07 Å². The Morgan fingerprint density at radius 3 is 2.59 bits per heavy atom. The van der Waals surface area contributed by atoms with Crippen LogP contribution in [0.1, 0.15) is 26.2 Å². The van der Waals surface area contributed by atoms with Crippen molar-refractivity contribution in [2.75, 3.05) is 13.6 Å². The van der Waals surface area contributed by atoms with E-state index in [1.165, 1.54) is 0 Å². The second kappa shape index (κ2) is 7.80. The fraction of sp³-hybridized carbons (Fsp3) is 0.538. The highest BCUT2D eigenvalue weighted by atomic mass is 35.5. The Kier molecular flexibility index (Phi) is 6.71. The van der Waals surface area contributed by atoms with Crippen LogP contribution in [0, 0.1) is 0 Å². The fourth-order valence-electron chi connectivity index (χ4n) is 1.63. The summed E-state index contributed by atoms with van der Waals surface area (Å²) < 4.78 is 5.91. The lowest BCUT2D eigenvalue weighted by molar-refractivity contribution is 0.180. The number of ether oxygens (including phenoxy) is 1. The van der Waals surface area contributed by atoms with Crippen LogP contribution < -0.4 is 10.1 Å². The van der Waals surface area contributed by atoms with Crippen molar-refractivity contribution in [3.8, 4) is 5.75 Å². The number of hydrogen-bond donors (Lipinski definition) is 1. The average Bonchev–Trinajstić information content (AvgIpc) is 2.31. The number of benzene rings is 1. The van der Waals surface area contributed by atoms with Gasteiger partial charge in [-0.1, -0.05) is 36.5 Å². The summed E-state index contributed by atoms with van der Waals surface area (Å²) in [4.78, 5) is 0. The molecular weight excluding hydrogens is 257 g/mol. The molecule has 0 aliphatic heterocycles. The summed E-state index contributed by atoms with van der Waals surface area (Å²) in [6, 6.07) is 5.39. The van der Waals surface area contributed by atoms with E-state index in [-0.39, 0.29) is 6.10 Å². The second-order valence-electron chi connectivity index (χ2n) is 4.00. The molecule has 1 rings (SSSR count). The predicted octanol–water partition coefficient (Wildman–Crippen LogP) is 4.15. The van der Waals surface area contributed by atoms with E-state index in [1.54, 1.807) is 12.1 Å². The molecule has 0 aromatic heterocycles. The normalized spacial score (nSPS) is 12.5. The van der Waals surface area contributed by atoms with Gasteiger partial charge in [0.1, 0.15) is 5.75 Å². The first kappa shape index (κ1) is 14.6. The molecule has 0 spiro atoms. The maximum absolute atomic E-state index is 5.95. The summed E-state index contributed by atoms with van der Waals surface area (Å²) in [5.74, 6) is 0.786. The lowest BCUT2D eigenvalue weighted by Crippen LogP contribution is -2.22. The van der Waals surface area contributed by atoms with Crippen LogP contribution in [0.3, 0.4) is 0 Å². The van der Waals surface area contributed by atoms with E-state index < -0.39 is 0 Å². The van der Waals surface area contributed by atoms with Crippen molar-refractivity contribution in [1.29, 1.82) is 0 Å². The van der Waals surface area contributed by atoms with Gasteiger partial charge in [-0.2, -0.15) is 0 Å². The Labute approximate surface area is 113 Å². The number of rotatable bonds is 7. The number of hydrogen-bond acceptors (Lipinski definition) is 2. The summed E-state index contributed by atoms with van der Waals surface area (Å²) >= 11 is 11.8. The van der Waals surface area contributed by atoms with Gasteiger partial charge in [0.25, 0.3) is 0 Å². The number of nitrogens with one attached hydrogen (secondary N) is 1. The molecule has 2 nitrogen and oxygen atoms in total. The molecule has 1 aromatic rings. The molecule has 17 heavy (non-hydrogen) atoms. The minimum Gasteiger partial charge on any atom is -0.490 e. The largest absolute Gasteiger partial charge is 0.490 e. The molecule has 0 radical (unpaired) electrons. The third-order valence-corrected chi connectivity index (χ3v) is 3.26. The highest BCUT2D eigenvalue weighted by molar-refractivity contribution is 6.42. The van der Waals surface area contributed by atoms with E-state index in [0.717, 1.165) is 31.6 Å². The van der Waals surface area contributed by atoms with Gasteiger partial charge in [0.15, 0.2) is 0 Å². The lowest BCUT2D eigenvalue weighted by atomic mass is 10.1. The Morgan fingerprint density at radius 2 is 2.00 bits per heavy atom. The van der Waals surface area contributed by atoms with E-state index in [1.807, 2.05) is 13.1 Å². The molecule has 1 atom stereocenters. The zero-order chi connectivity index (χ0) is 12.7. The zero-order valence-corrected chi connectivity index (χ0v) is 11.8. The van der Waals surface area contributed by atoms with E-state index in [2.05, 4.69) is 12.2 Å². The summed E-state index contributed by atoms with van der Waals surface area (Å²) in [6.45, 7) is 3.11. The van der Waals surface area contributed by atoms with E-state index in [4.69, 9.17) is 27.9 Å². The van der Waals surface area contributed by atoms with E-state index in [9.17, 15) is 0 Å². The molecule has 0 aliphatic rings. The lowest BCUT2D eigenvalue weighted by Gasteiger charge is -2.18. The first-order valence-corrected chi connectivity index (χ1v) is 6.69. The first-order chi connectivity index (χ1) is 8.17. The van der Waals surface area contributed by atoms with Gasteiger partial charge in [-0.3, -0.25) is 0 Å². The maximum atomic E-state index is 5.95. The third kappa shape index (κ3) is 5.15. The SMILES string of the molecule is CCC[C@@H](CCNC)Oc1ccc(Cl)c(Cl)c1. The van der Waals surface area contributed by atoms with Crippen molar-refractivity contribution >= 4 is 23.2 Å². The van der Waals surface area contributed by atoms with Crippen molar-refractivity contribution in [2.24, 2.45) is 0 Å². The smallest absolute Gasteiger partial charge is 0.121 e. The molecule has 4 heteroatoms. The highest BCUT2D eigenvalue weighted by Crippen LogP contribution is 2.27.